The summed E-state index contributed by atoms with van der Waals surface area (Å²) < 4.78 is 5.17. The summed E-state index contributed by atoms with van der Waals surface area (Å²) in [5.74, 6) is 3.46. The molecule has 1 fully saturated rings. The molecule has 1 saturated carbocycles. The molecule has 0 spiro atoms. The molecule has 0 radical (unpaired) electrons. The number of carbonyl (C=O) groups is 2. The van der Waals surface area contributed by atoms with Gasteiger partial charge in [-0.05, 0) is 103 Å². The lowest BCUT2D eigenvalue weighted by Crippen LogP contribution is -2.37. The van der Waals surface area contributed by atoms with E-state index in [9.17, 15) is 19.8 Å². The Hall–Kier alpha value is -4.86. The molecule has 0 bridgehead atoms. The first kappa shape index (κ1) is 39.8. The predicted octanol–water partition coefficient (Wildman–Crippen LogP) is 8.86. The van der Waals surface area contributed by atoms with E-state index >= 15 is 0 Å². The molecule has 1 aromatic heterocycles. The van der Waals surface area contributed by atoms with Crippen molar-refractivity contribution in [3.63, 3.8) is 0 Å². The highest BCUT2D eigenvalue weighted by Crippen LogP contribution is 2.42. The van der Waals surface area contributed by atoms with Crippen LogP contribution in [0.1, 0.15) is 105 Å². The van der Waals surface area contributed by atoms with Crippen molar-refractivity contribution in [3.05, 3.63) is 114 Å². The fourth-order valence-corrected chi connectivity index (χ4v) is 8.23. The van der Waals surface area contributed by atoms with Crippen LogP contribution in [0.15, 0.2) is 91.3 Å². The molecule has 1 heterocycles. The molecule has 9 heteroatoms. The van der Waals surface area contributed by atoms with Gasteiger partial charge in [0.25, 0.3) is 5.91 Å². The van der Waals surface area contributed by atoms with Crippen molar-refractivity contribution in [2.24, 2.45) is 17.8 Å². The van der Waals surface area contributed by atoms with Gasteiger partial charge in [0, 0.05) is 41.3 Å². The molecule has 6 rings (SSSR count). The summed E-state index contributed by atoms with van der Waals surface area (Å²) in [5, 5.41) is 22.5. The number of rotatable bonds is 16. The van der Waals surface area contributed by atoms with Gasteiger partial charge in [0.1, 0.15) is 5.75 Å². The van der Waals surface area contributed by atoms with Gasteiger partial charge < -0.3 is 25.2 Å². The number of unbranched alkanes of at least 4 members (excludes halogenated alkanes) is 2. The number of nitrogens with one attached hydrogen (secondary N) is 1. The van der Waals surface area contributed by atoms with Crippen molar-refractivity contribution < 1.29 is 24.5 Å². The zero-order valence-corrected chi connectivity index (χ0v) is 32.3. The summed E-state index contributed by atoms with van der Waals surface area (Å²) in [5.41, 5.74) is 5.90. The van der Waals surface area contributed by atoms with Gasteiger partial charge in [-0.3, -0.25) is 9.59 Å². The van der Waals surface area contributed by atoms with Gasteiger partial charge in [0.2, 0.25) is 5.91 Å². The molecule has 2 aliphatic rings. The number of aliphatic hydroxyl groups excluding tert-OH is 1. The Morgan fingerprint density at radius 1 is 0.836 bits per heavy atom. The van der Waals surface area contributed by atoms with E-state index in [1.54, 1.807) is 31.4 Å². The standard InChI is InChI=1S/C46H56N4O5/c1-3-4-5-6-32-7-13-35(14-8-32)36-17-19-37(20-18-36)40-28-47-45(48-29-40)38-15-9-34(10-16-38)30-50(31-44(52)53)46(54)39-21-23-41(24-22-39)49-43(51)27-33-11-25-42(55-2)26-12-33/h9-12,15-16,19,21-26,28-29,32,35-36,44,52-53H,3-8,13-14,17-18,20,27,30-31H2,1-2H3,(H,49,51). The van der Waals surface area contributed by atoms with Crippen molar-refractivity contribution in [3.8, 4) is 17.1 Å². The fourth-order valence-electron chi connectivity index (χ4n) is 8.23. The zero-order chi connectivity index (χ0) is 38.6. The lowest BCUT2D eigenvalue weighted by atomic mass is 9.70. The SMILES string of the molecule is CCCCCC1CCC(C2CC=C(c3cnc(-c4ccc(CN(CC(O)O)C(=O)c5ccc(NC(=O)Cc6ccc(OC)cc6)cc5)cc4)nc3)CC2)CC1. The number of carbonyl (C=O) groups excluding carboxylic acids is 2. The number of hydrogen-bond donors (Lipinski definition) is 3. The monoisotopic (exact) mass is 744 g/mol. The van der Waals surface area contributed by atoms with Crippen LogP contribution in [0, 0.1) is 17.8 Å². The molecular weight excluding hydrogens is 689 g/mol. The molecule has 290 valence electrons. The molecule has 3 N–H and O–H groups in total. The van der Waals surface area contributed by atoms with Gasteiger partial charge in [-0.25, -0.2) is 9.97 Å². The summed E-state index contributed by atoms with van der Waals surface area (Å²) in [6, 6.07) is 21.5. The summed E-state index contributed by atoms with van der Waals surface area (Å²) in [4.78, 5) is 36.9. The minimum atomic E-state index is -1.70. The van der Waals surface area contributed by atoms with E-state index in [2.05, 4.69) is 18.3 Å². The first-order valence-electron chi connectivity index (χ1n) is 20.1. The lowest BCUT2D eigenvalue weighted by molar-refractivity contribution is -0.115. The van der Waals surface area contributed by atoms with Crippen molar-refractivity contribution in [2.45, 2.75) is 96.8 Å². The number of methoxy groups -OCH3 is 1. The number of aliphatic hydroxyl groups is 2. The van der Waals surface area contributed by atoms with Gasteiger partial charge >= 0.3 is 0 Å². The van der Waals surface area contributed by atoms with E-state index in [4.69, 9.17) is 14.7 Å². The molecule has 1 unspecified atom stereocenters. The molecule has 2 aliphatic carbocycles. The van der Waals surface area contributed by atoms with Gasteiger partial charge in [-0.15, -0.1) is 0 Å². The second-order valence-electron chi connectivity index (χ2n) is 15.3. The molecule has 0 aliphatic heterocycles. The zero-order valence-electron chi connectivity index (χ0n) is 32.3. The average Bonchev–Trinajstić information content (AvgIpc) is 3.21. The van der Waals surface area contributed by atoms with Crippen molar-refractivity contribution in [2.75, 3.05) is 19.0 Å². The summed E-state index contributed by atoms with van der Waals surface area (Å²) in [6.45, 7) is 2.20. The fraction of sp³-hybridized carbons (Fsp3) is 0.435. The second kappa shape index (κ2) is 19.6. The van der Waals surface area contributed by atoms with E-state index in [0.29, 0.717) is 17.1 Å². The highest BCUT2D eigenvalue weighted by atomic mass is 16.5. The normalized spacial score (nSPS) is 18.4. The number of amides is 2. The van der Waals surface area contributed by atoms with Crippen LogP contribution < -0.4 is 10.1 Å². The van der Waals surface area contributed by atoms with Crippen LogP contribution in [0.25, 0.3) is 17.0 Å². The molecule has 3 aromatic carbocycles. The Morgan fingerprint density at radius 3 is 2.15 bits per heavy atom. The minimum absolute atomic E-state index is 0.173. The third-order valence-electron chi connectivity index (χ3n) is 11.4. The molecule has 9 nitrogen and oxygen atoms in total. The maximum Gasteiger partial charge on any atom is 0.254 e. The molecule has 4 aromatic rings. The van der Waals surface area contributed by atoms with Crippen LogP contribution in [0.2, 0.25) is 0 Å². The smallest absolute Gasteiger partial charge is 0.254 e. The number of nitrogens with zero attached hydrogens (tertiary/aromatic N) is 3. The lowest BCUT2D eigenvalue weighted by Gasteiger charge is -2.35. The maximum absolute atomic E-state index is 13.5. The molecule has 2 amide bonds. The first-order valence-corrected chi connectivity index (χ1v) is 20.1. The Bertz CT molecular complexity index is 1850. The van der Waals surface area contributed by atoms with Gasteiger partial charge in [0.05, 0.1) is 20.1 Å². The molecule has 55 heavy (non-hydrogen) atoms. The number of hydrogen-bond acceptors (Lipinski definition) is 7. The van der Waals surface area contributed by atoms with E-state index in [0.717, 1.165) is 58.6 Å². The average molecular weight is 745 g/mol. The maximum atomic E-state index is 13.5. The van der Waals surface area contributed by atoms with Crippen LogP contribution in [-0.4, -0.2) is 56.8 Å². The molecular formula is C46H56N4O5. The predicted molar refractivity (Wildman–Crippen MR) is 217 cm³/mol. The second-order valence-corrected chi connectivity index (χ2v) is 15.3. The Kier molecular flexibility index (Phi) is 14.2. The van der Waals surface area contributed by atoms with Crippen molar-refractivity contribution >= 4 is 23.1 Å². The number of aromatic nitrogens is 2. The van der Waals surface area contributed by atoms with E-state index in [1.165, 1.54) is 68.3 Å². The van der Waals surface area contributed by atoms with E-state index < -0.39 is 6.29 Å². The number of anilines is 1. The van der Waals surface area contributed by atoms with Gasteiger partial charge in [-0.2, -0.15) is 0 Å². The van der Waals surface area contributed by atoms with Crippen LogP contribution in [-0.2, 0) is 17.8 Å². The largest absolute Gasteiger partial charge is 0.497 e. The number of ether oxygens (including phenoxy) is 1. The highest BCUT2D eigenvalue weighted by molar-refractivity contribution is 5.96. The van der Waals surface area contributed by atoms with E-state index in [-0.39, 0.29) is 31.3 Å². The first-order chi connectivity index (χ1) is 26.8. The Labute approximate surface area is 325 Å². The van der Waals surface area contributed by atoms with Crippen molar-refractivity contribution in [1.29, 1.82) is 0 Å². The summed E-state index contributed by atoms with van der Waals surface area (Å²) in [7, 11) is 1.59. The molecule has 0 saturated heterocycles. The van der Waals surface area contributed by atoms with E-state index in [1.807, 2.05) is 60.9 Å². The minimum Gasteiger partial charge on any atom is -0.497 e. The molecule has 1 atom stereocenters. The number of allylic oxidation sites excluding steroid dienone is 2. The summed E-state index contributed by atoms with van der Waals surface area (Å²) >= 11 is 0. The van der Waals surface area contributed by atoms with Gasteiger partial charge in [0.15, 0.2) is 12.1 Å². The highest BCUT2D eigenvalue weighted by Gasteiger charge is 2.29. The van der Waals surface area contributed by atoms with Crippen LogP contribution in [0.5, 0.6) is 5.75 Å². The van der Waals surface area contributed by atoms with Gasteiger partial charge in [-0.1, -0.05) is 87.9 Å². The number of benzene rings is 3. The summed E-state index contributed by atoms with van der Waals surface area (Å²) in [6.07, 6.45) is 19.5. The third-order valence-corrected chi connectivity index (χ3v) is 11.4. The van der Waals surface area contributed by atoms with Crippen LogP contribution in [0.3, 0.4) is 0 Å². The van der Waals surface area contributed by atoms with Crippen LogP contribution in [0.4, 0.5) is 5.69 Å². The van der Waals surface area contributed by atoms with Crippen molar-refractivity contribution in [1.82, 2.24) is 14.9 Å². The van der Waals surface area contributed by atoms with Crippen LogP contribution >= 0.6 is 0 Å². The topological polar surface area (TPSA) is 125 Å². The Balaban J connectivity index is 1.00. The quantitative estimate of drug-likeness (QED) is 0.0774. The third kappa shape index (κ3) is 11.3. The Morgan fingerprint density at radius 2 is 1.53 bits per heavy atom.